The van der Waals surface area contributed by atoms with Crippen molar-refractivity contribution in [3.8, 4) is 5.75 Å². The smallest absolute Gasteiger partial charge is 0.351 e. The van der Waals surface area contributed by atoms with Gasteiger partial charge in [0.2, 0.25) is 0 Å². The zero-order valence-electron chi connectivity index (χ0n) is 11.8. The van der Waals surface area contributed by atoms with Crippen molar-refractivity contribution >= 4 is 7.60 Å². The summed E-state index contributed by atoms with van der Waals surface area (Å²) < 4.78 is 23.2. The van der Waals surface area contributed by atoms with Crippen LogP contribution in [0.2, 0.25) is 0 Å². The second-order valence-corrected chi connectivity index (χ2v) is 6.47. The number of phenolic OH excluding ortho intramolecular Hbond substituents is 1. The van der Waals surface area contributed by atoms with Gasteiger partial charge in [0.1, 0.15) is 11.5 Å². The molecule has 0 aliphatic carbocycles. The van der Waals surface area contributed by atoms with Gasteiger partial charge in [0.25, 0.3) is 0 Å². The van der Waals surface area contributed by atoms with Crippen LogP contribution in [-0.2, 0) is 13.6 Å². The first kappa shape index (κ1) is 16.2. The summed E-state index contributed by atoms with van der Waals surface area (Å²) in [6, 6.07) is 3.18. The van der Waals surface area contributed by atoms with Gasteiger partial charge in [-0.25, -0.2) is 0 Å². The molecule has 0 fully saturated rings. The number of rotatable bonds is 6. The van der Waals surface area contributed by atoms with Crippen molar-refractivity contribution in [3.05, 3.63) is 28.8 Å². The summed E-state index contributed by atoms with van der Waals surface area (Å²) in [7, 11) is -3.41. The number of nitrogens with two attached hydrogens (primary N) is 1. The number of aromatic hydroxyl groups is 1. The lowest BCUT2D eigenvalue weighted by Gasteiger charge is -2.26. The average Bonchev–Trinajstić information content (AvgIpc) is 2.27. The highest BCUT2D eigenvalue weighted by atomic mass is 31.2. The second kappa shape index (κ2) is 6.53. The van der Waals surface area contributed by atoms with Crippen LogP contribution in [-0.4, -0.2) is 18.3 Å². The summed E-state index contributed by atoms with van der Waals surface area (Å²) in [6.07, 6.45) is 0. The predicted molar refractivity (Wildman–Crippen MR) is 75.4 cm³/mol. The van der Waals surface area contributed by atoms with Crippen LogP contribution < -0.4 is 5.73 Å². The summed E-state index contributed by atoms with van der Waals surface area (Å²) in [4.78, 5) is 0. The maximum absolute atomic E-state index is 12.7. The molecule has 5 nitrogen and oxygen atoms in total. The van der Waals surface area contributed by atoms with Gasteiger partial charge in [0, 0.05) is 0 Å². The molecule has 0 unspecified atom stereocenters. The molecule has 0 bridgehead atoms. The highest BCUT2D eigenvalue weighted by Crippen LogP contribution is 2.59. The third-order valence-electron chi connectivity index (χ3n) is 2.83. The first-order valence-electron chi connectivity index (χ1n) is 6.30. The molecular formula is C13H22NO4P. The van der Waals surface area contributed by atoms with Crippen LogP contribution in [0.25, 0.3) is 0 Å². The molecule has 0 amide bonds. The first-order chi connectivity index (χ1) is 8.85. The van der Waals surface area contributed by atoms with E-state index in [1.807, 2.05) is 13.8 Å². The standard InChI is InChI=1S/C13H22NO4P/c1-5-17-19(16,18-6-2)13(14)12-9(3)7-11(15)8-10(12)4/h7-8,13,15H,5-6,14H2,1-4H3/t13-/m0/s1. The number of benzene rings is 1. The fourth-order valence-electron chi connectivity index (χ4n) is 2.13. The van der Waals surface area contributed by atoms with E-state index in [9.17, 15) is 9.67 Å². The normalized spacial score (nSPS) is 13.5. The van der Waals surface area contributed by atoms with Crippen molar-refractivity contribution in [3.63, 3.8) is 0 Å². The van der Waals surface area contributed by atoms with Crippen LogP contribution in [0, 0.1) is 13.8 Å². The van der Waals surface area contributed by atoms with E-state index >= 15 is 0 Å². The zero-order chi connectivity index (χ0) is 14.6. The molecule has 0 radical (unpaired) electrons. The summed E-state index contributed by atoms with van der Waals surface area (Å²) in [5.41, 5.74) is 8.34. The van der Waals surface area contributed by atoms with Crippen molar-refractivity contribution < 1.29 is 18.7 Å². The molecule has 0 saturated heterocycles. The fourth-order valence-corrected chi connectivity index (χ4v) is 3.97. The molecule has 0 aliphatic heterocycles. The summed E-state index contributed by atoms with van der Waals surface area (Å²) in [6.45, 7) is 7.64. The monoisotopic (exact) mass is 287 g/mol. The third kappa shape index (κ3) is 3.57. The lowest BCUT2D eigenvalue weighted by Crippen LogP contribution is -2.17. The molecule has 1 aromatic rings. The maximum Gasteiger partial charge on any atom is 0.351 e. The van der Waals surface area contributed by atoms with Crippen molar-refractivity contribution in [1.82, 2.24) is 0 Å². The Balaban J connectivity index is 3.24. The lowest BCUT2D eigenvalue weighted by molar-refractivity contribution is 0.212. The Bertz CT molecular complexity index is 457. The number of phenols is 1. The van der Waals surface area contributed by atoms with E-state index in [2.05, 4.69) is 0 Å². The van der Waals surface area contributed by atoms with Gasteiger partial charge in [-0.1, -0.05) is 0 Å². The first-order valence-corrected chi connectivity index (χ1v) is 7.91. The highest BCUT2D eigenvalue weighted by Gasteiger charge is 2.35. The Morgan fingerprint density at radius 2 is 1.63 bits per heavy atom. The molecule has 3 N–H and O–H groups in total. The minimum Gasteiger partial charge on any atom is -0.508 e. The molecule has 0 spiro atoms. The number of hydrogen-bond acceptors (Lipinski definition) is 5. The van der Waals surface area contributed by atoms with Gasteiger partial charge in [-0.05, 0) is 56.5 Å². The van der Waals surface area contributed by atoms with Gasteiger partial charge in [-0.2, -0.15) is 0 Å². The quantitative estimate of drug-likeness (QED) is 0.785. The van der Waals surface area contributed by atoms with Crippen LogP contribution in [0.5, 0.6) is 5.75 Å². The predicted octanol–water partition coefficient (Wildman–Crippen LogP) is 3.23. The average molecular weight is 287 g/mol. The highest BCUT2D eigenvalue weighted by molar-refractivity contribution is 7.54. The second-order valence-electron chi connectivity index (χ2n) is 4.31. The van der Waals surface area contributed by atoms with Crippen molar-refractivity contribution in [1.29, 1.82) is 0 Å². The van der Waals surface area contributed by atoms with Crippen LogP contribution in [0.3, 0.4) is 0 Å². The van der Waals surface area contributed by atoms with Crippen LogP contribution >= 0.6 is 7.60 Å². The Hall–Kier alpha value is -0.870. The van der Waals surface area contributed by atoms with E-state index < -0.39 is 13.4 Å². The number of aryl methyl sites for hydroxylation is 2. The van der Waals surface area contributed by atoms with E-state index in [4.69, 9.17) is 14.8 Å². The molecule has 0 heterocycles. The SMILES string of the molecule is CCOP(=O)(OCC)[C@H](N)c1c(C)cc(O)cc1C. The Morgan fingerprint density at radius 3 is 2.00 bits per heavy atom. The van der Waals surface area contributed by atoms with Crippen molar-refractivity contribution in [2.75, 3.05) is 13.2 Å². The molecule has 6 heteroatoms. The molecule has 0 aromatic heterocycles. The molecule has 0 saturated carbocycles. The Morgan fingerprint density at radius 1 is 1.21 bits per heavy atom. The van der Waals surface area contributed by atoms with E-state index in [-0.39, 0.29) is 19.0 Å². The van der Waals surface area contributed by atoms with E-state index in [1.165, 1.54) is 0 Å². The third-order valence-corrected chi connectivity index (χ3v) is 5.01. The molecule has 1 rings (SSSR count). The van der Waals surface area contributed by atoms with Crippen LogP contribution in [0.15, 0.2) is 12.1 Å². The van der Waals surface area contributed by atoms with Crippen molar-refractivity contribution in [2.45, 2.75) is 33.5 Å². The summed E-state index contributed by atoms with van der Waals surface area (Å²) in [5, 5.41) is 9.54. The molecule has 108 valence electrons. The maximum atomic E-state index is 12.7. The van der Waals surface area contributed by atoms with Crippen LogP contribution in [0.1, 0.15) is 36.3 Å². The van der Waals surface area contributed by atoms with Gasteiger partial charge in [-0.3, -0.25) is 4.57 Å². The lowest BCUT2D eigenvalue weighted by atomic mass is 10.0. The van der Waals surface area contributed by atoms with Crippen LogP contribution in [0.4, 0.5) is 0 Å². The Kier molecular flexibility index (Phi) is 5.56. The minimum absolute atomic E-state index is 0.161. The van der Waals surface area contributed by atoms with E-state index in [0.29, 0.717) is 5.56 Å². The molecule has 1 atom stereocenters. The number of hydrogen-bond donors (Lipinski definition) is 2. The van der Waals surface area contributed by atoms with Gasteiger partial charge in [0.15, 0.2) is 0 Å². The van der Waals surface area contributed by atoms with Gasteiger partial charge >= 0.3 is 7.60 Å². The molecule has 0 aliphatic rings. The van der Waals surface area contributed by atoms with Gasteiger partial charge < -0.3 is 19.9 Å². The summed E-state index contributed by atoms with van der Waals surface area (Å²) >= 11 is 0. The van der Waals surface area contributed by atoms with Gasteiger partial charge in [0.05, 0.1) is 13.2 Å². The largest absolute Gasteiger partial charge is 0.508 e. The van der Waals surface area contributed by atoms with Crippen molar-refractivity contribution in [2.24, 2.45) is 5.73 Å². The molecule has 1 aromatic carbocycles. The molecular weight excluding hydrogens is 265 g/mol. The fraction of sp³-hybridized carbons (Fsp3) is 0.538. The minimum atomic E-state index is -3.41. The van der Waals surface area contributed by atoms with E-state index in [0.717, 1.165) is 11.1 Å². The Labute approximate surface area is 114 Å². The summed E-state index contributed by atoms with van der Waals surface area (Å²) in [5.74, 6) is -0.693. The zero-order valence-corrected chi connectivity index (χ0v) is 12.7. The molecule has 19 heavy (non-hydrogen) atoms. The van der Waals surface area contributed by atoms with E-state index in [1.54, 1.807) is 26.0 Å². The topological polar surface area (TPSA) is 81.8 Å². The van der Waals surface area contributed by atoms with Gasteiger partial charge in [-0.15, -0.1) is 0 Å².